The topological polar surface area (TPSA) is 118 Å². The summed E-state index contributed by atoms with van der Waals surface area (Å²) >= 11 is 0. The second-order valence-electron chi connectivity index (χ2n) is 11.6. The van der Waals surface area contributed by atoms with E-state index in [9.17, 15) is 19.5 Å². The highest BCUT2D eigenvalue weighted by molar-refractivity contribution is 5.70. The maximum Gasteiger partial charge on any atom is 0.408 e. The van der Waals surface area contributed by atoms with E-state index >= 15 is 0 Å². The predicted molar refractivity (Wildman–Crippen MR) is 157 cm³/mol. The number of nitrogens with zero attached hydrogens (tertiary/aromatic N) is 2. The lowest BCUT2D eigenvalue weighted by molar-refractivity contribution is -0.138. The van der Waals surface area contributed by atoms with E-state index in [4.69, 9.17) is 10.2 Å². The zero-order valence-corrected chi connectivity index (χ0v) is 23.9. The van der Waals surface area contributed by atoms with Gasteiger partial charge in [-0.25, -0.2) is 4.79 Å². The number of amides is 1. The van der Waals surface area contributed by atoms with Crippen LogP contribution in [0.5, 0.6) is 0 Å². The van der Waals surface area contributed by atoms with Gasteiger partial charge in [0.1, 0.15) is 5.54 Å². The van der Waals surface area contributed by atoms with E-state index in [2.05, 4.69) is 53.4 Å². The second-order valence-corrected chi connectivity index (χ2v) is 11.6. The van der Waals surface area contributed by atoms with E-state index in [-0.39, 0.29) is 12.8 Å². The molecular formula is C33H44N2O6. The smallest absolute Gasteiger partial charge is 0.408 e. The molecule has 4 heterocycles. The lowest BCUT2D eigenvalue weighted by Crippen LogP contribution is -2.64. The molecule has 2 aromatic carbocycles. The molecule has 4 aliphatic rings. The molecule has 8 nitrogen and oxygen atoms in total. The number of carboxylic acid groups (broad SMARTS) is 3. The minimum atomic E-state index is -0.801. The van der Waals surface area contributed by atoms with Crippen LogP contribution in [0.15, 0.2) is 54.6 Å². The zero-order valence-electron chi connectivity index (χ0n) is 23.9. The number of piperidine rings is 3. The van der Waals surface area contributed by atoms with Crippen LogP contribution in [-0.4, -0.2) is 69.3 Å². The maximum absolute atomic E-state index is 12.5. The van der Waals surface area contributed by atoms with Crippen molar-refractivity contribution in [1.82, 2.24) is 9.80 Å². The number of rotatable bonds is 11. The summed E-state index contributed by atoms with van der Waals surface area (Å²) in [4.78, 5) is 37.1. The molecule has 0 saturated carbocycles. The van der Waals surface area contributed by atoms with Gasteiger partial charge in [0.15, 0.2) is 0 Å². The van der Waals surface area contributed by atoms with E-state index in [1.54, 1.807) is 4.90 Å². The molecule has 6 rings (SSSR count). The van der Waals surface area contributed by atoms with Gasteiger partial charge in [-0.3, -0.25) is 14.5 Å². The number of hydrogen-bond donors (Lipinski definition) is 3. The Kier molecular flexibility index (Phi) is 10.8. The SMILES string of the molecule is O=C(O)CCCCCCCCC(=O)O.O=C(O)N1CCc2ccccc2[C@]1(c1ccccc1)[C@H]1CN2CCC1CC2. The molecule has 1 amide bonds. The Morgan fingerprint density at radius 3 is 1.83 bits per heavy atom. The van der Waals surface area contributed by atoms with Gasteiger partial charge in [0, 0.05) is 31.8 Å². The van der Waals surface area contributed by atoms with Crippen molar-refractivity contribution < 1.29 is 29.7 Å². The van der Waals surface area contributed by atoms with Crippen molar-refractivity contribution >= 4 is 18.0 Å². The average molecular weight is 565 g/mol. The Balaban J connectivity index is 0.000000237. The van der Waals surface area contributed by atoms with Gasteiger partial charge in [-0.2, -0.15) is 0 Å². The Hall–Kier alpha value is -3.39. The molecule has 0 aromatic heterocycles. The summed E-state index contributed by atoms with van der Waals surface area (Å²) in [7, 11) is 0. The Labute approximate surface area is 243 Å². The summed E-state index contributed by atoms with van der Waals surface area (Å²) in [5.74, 6) is -0.616. The molecule has 2 atom stereocenters. The molecule has 0 unspecified atom stereocenters. The highest BCUT2D eigenvalue weighted by Crippen LogP contribution is 2.53. The van der Waals surface area contributed by atoms with Gasteiger partial charge in [0.2, 0.25) is 0 Å². The summed E-state index contributed by atoms with van der Waals surface area (Å²) in [6.07, 6.45) is 8.16. The van der Waals surface area contributed by atoms with Crippen LogP contribution in [0.3, 0.4) is 0 Å². The van der Waals surface area contributed by atoms with Crippen molar-refractivity contribution in [2.24, 2.45) is 11.8 Å². The number of carbonyl (C=O) groups is 3. The number of unbranched alkanes of at least 4 members (excludes halogenated alkanes) is 5. The first-order chi connectivity index (χ1) is 19.8. The van der Waals surface area contributed by atoms with Crippen LogP contribution < -0.4 is 0 Å². The number of benzene rings is 2. The van der Waals surface area contributed by atoms with Crippen LogP contribution in [0.25, 0.3) is 0 Å². The molecular weight excluding hydrogens is 520 g/mol. The maximum atomic E-state index is 12.5. The van der Waals surface area contributed by atoms with E-state index in [1.165, 1.54) is 24.0 Å². The summed E-state index contributed by atoms with van der Waals surface area (Å²) < 4.78 is 0. The van der Waals surface area contributed by atoms with Gasteiger partial charge >= 0.3 is 18.0 Å². The van der Waals surface area contributed by atoms with E-state index in [0.717, 1.165) is 70.1 Å². The first kappa shape index (κ1) is 30.6. The van der Waals surface area contributed by atoms with Crippen molar-refractivity contribution in [3.05, 3.63) is 71.3 Å². The van der Waals surface area contributed by atoms with Crippen LogP contribution >= 0.6 is 0 Å². The molecule has 2 bridgehead atoms. The number of carboxylic acids is 2. The van der Waals surface area contributed by atoms with Crippen molar-refractivity contribution in [2.75, 3.05) is 26.2 Å². The fraction of sp³-hybridized carbons (Fsp3) is 0.545. The number of aliphatic carboxylic acids is 2. The zero-order chi connectivity index (χ0) is 29.2. The summed E-state index contributed by atoms with van der Waals surface area (Å²) in [6, 6.07) is 18.9. The average Bonchev–Trinajstić information content (AvgIpc) is 2.99. The minimum Gasteiger partial charge on any atom is -0.481 e. The molecule has 0 spiro atoms. The third-order valence-corrected chi connectivity index (χ3v) is 9.13. The van der Waals surface area contributed by atoms with Gasteiger partial charge in [0.25, 0.3) is 0 Å². The van der Waals surface area contributed by atoms with Crippen LogP contribution in [0.1, 0.15) is 80.9 Å². The van der Waals surface area contributed by atoms with Crippen LogP contribution in [0.2, 0.25) is 0 Å². The van der Waals surface area contributed by atoms with Crippen LogP contribution in [-0.2, 0) is 21.5 Å². The fourth-order valence-electron chi connectivity index (χ4n) is 7.23. The first-order valence-corrected chi connectivity index (χ1v) is 15.1. The molecule has 8 heteroatoms. The number of fused-ring (bicyclic) bond motifs is 4. The Bertz CT molecular complexity index is 1140. The lowest BCUT2D eigenvalue weighted by atomic mass is 9.60. The summed E-state index contributed by atoms with van der Waals surface area (Å²) in [5.41, 5.74) is 3.03. The molecule has 3 fully saturated rings. The molecule has 0 aliphatic carbocycles. The highest BCUT2D eigenvalue weighted by atomic mass is 16.4. The third kappa shape index (κ3) is 7.28. The van der Waals surface area contributed by atoms with Gasteiger partial charge in [-0.15, -0.1) is 0 Å². The van der Waals surface area contributed by atoms with Crippen molar-refractivity contribution in [3.8, 4) is 0 Å². The third-order valence-electron chi connectivity index (χ3n) is 9.13. The molecule has 41 heavy (non-hydrogen) atoms. The highest BCUT2D eigenvalue weighted by Gasteiger charge is 2.56. The summed E-state index contributed by atoms with van der Waals surface area (Å²) in [6.45, 7) is 3.85. The Morgan fingerprint density at radius 2 is 1.29 bits per heavy atom. The largest absolute Gasteiger partial charge is 0.481 e. The van der Waals surface area contributed by atoms with Crippen molar-refractivity contribution in [2.45, 2.75) is 76.2 Å². The first-order valence-electron chi connectivity index (χ1n) is 15.1. The summed E-state index contributed by atoms with van der Waals surface area (Å²) in [5, 5.41) is 27.0. The molecule has 3 N–H and O–H groups in total. The minimum absolute atomic E-state index is 0.245. The number of hydrogen-bond acceptors (Lipinski definition) is 4. The van der Waals surface area contributed by atoms with Crippen LogP contribution in [0, 0.1) is 11.8 Å². The van der Waals surface area contributed by atoms with E-state index in [1.807, 2.05) is 6.07 Å². The normalized spacial score (nSPS) is 24.6. The van der Waals surface area contributed by atoms with Crippen molar-refractivity contribution in [3.63, 3.8) is 0 Å². The van der Waals surface area contributed by atoms with E-state index < -0.39 is 23.6 Å². The predicted octanol–water partition coefficient (Wildman–Crippen LogP) is 6.08. The van der Waals surface area contributed by atoms with Crippen molar-refractivity contribution in [1.29, 1.82) is 0 Å². The Morgan fingerprint density at radius 1 is 0.732 bits per heavy atom. The van der Waals surface area contributed by atoms with Gasteiger partial charge in [0.05, 0.1) is 0 Å². The fourth-order valence-corrected chi connectivity index (χ4v) is 7.23. The monoisotopic (exact) mass is 564 g/mol. The van der Waals surface area contributed by atoms with Gasteiger partial charge in [-0.05, 0) is 67.8 Å². The van der Waals surface area contributed by atoms with Crippen LogP contribution in [0.4, 0.5) is 4.79 Å². The van der Waals surface area contributed by atoms with Gasteiger partial charge < -0.3 is 20.2 Å². The second kappa shape index (κ2) is 14.5. The molecule has 0 radical (unpaired) electrons. The molecule has 4 aliphatic heterocycles. The molecule has 2 aromatic rings. The standard InChI is InChI=1S/C23H26N2O2.C10H18O4/c26-22(27)25-15-12-17-6-4-5-9-20(17)23(25,19-7-2-1-3-8-19)21-16-24-13-10-18(21)11-14-24;11-9(12)7-5-3-1-2-4-6-8-10(13)14/h1-9,18,21H,10-16H2,(H,26,27);1-8H2,(H,11,12)(H,13,14)/t21-,23+;/m0./s1. The lowest BCUT2D eigenvalue weighted by Gasteiger charge is -2.58. The quantitative estimate of drug-likeness (QED) is 0.283. The molecule has 3 saturated heterocycles. The molecule has 222 valence electrons. The van der Waals surface area contributed by atoms with Gasteiger partial charge in [-0.1, -0.05) is 80.3 Å². The van der Waals surface area contributed by atoms with E-state index in [0.29, 0.717) is 18.4 Å².